The highest BCUT2D eigenvalue weighted by atomic mass is 32.2. The van der Waals surface area contributed by atoms with Gasteiger partial charge >= 0.3 is 0 Å². The van der Waals surface area contributed by atoms with E-state index in [1.54, 1.807) is 6.07 Å². The monoisotopic (exact) mass is 382 g/mol. The molecule has 2 aliphatic carbocycles. The van der Waals surface area contributed by atoms with E-state index >= 15 is 0 Å². The van der Waals surface area contributed by atoms with Crippen molar-refractivity contribution in [2.75, 3.05) is 5.32 Å². The van der Waals surface area contributed by atoms with Gasteiger partial charge in [0.05, 0.1) is 10.9 Å². The highest BCUT2D eigenvalue weighted by Gasteiger charge is 2.48. The van der Waals surface area contributed by atoms with Crippen LogP contribution in [0.3, 0.4) is 0 Å². The van der Waals surface area contributed by atoms with E-state index in [0.717, 1.165) is 23.6 Å². The number of nitrogens with one attached hydrogen (secondary N) is 1. The number of fused-ring (bicyclic) bond motifs is 5. The minimum atomic E-state index is -3.69. The van der Waals surface area contributed by atoms with Crippen LogP contribution in [-0.4, -0.2) is 8.42 Å². The molecule has 4 nitrogen and oxygen atoms in total. The summed E-state index contributed by atoms with van der Waals surface area (Å²) >= 11 is 0. The average Bonchev–Trinajstić information content (AvgIpc) is 3.15. The van der Waals surface area contributed by atoms with Gasteiger partial charge in [-0.3, -0.25) is 0 Å². The van der Waals surface area contributed by atoms with E-state index in [0.29, 0.717) is 17.8 Å². The lowest BCUT2D eigenvalue weighted by molar-refractivity contribution is 0.129. The van der Waals surface area contributed by atoms with Gasteiger partial charge < -0.3 is 5.32 Å². The zero-order chi connectivity index (χ0) is 18.6. The number of anilines is 1. The van der Waals surface area contributed by atoms with E-state index in [9.17, 15) is 8.42 Å². The lowest BCUT2D eigenvalue weighted by atomic mass is 9.60. The molecule has 5 atom stereocenters. The predicted molar refractivity (Wildman–Crippen MR) is 107 cm³/mol. The average molecular weight is 383 g/mol. The quantitative estimate of drug-likeness (QED) is 0.808. The SMILES string of the molecule is NS(=O)(=O)c1ccc2c(c1)C1CCC3CCCC3C1C(c1ccccc1)N2. The van der Waals surface area contributed by atoms with Crippen LogP contribution in [0.5, 0.6) is 0 Å². The summed E-state index contributed by atoms with van der Waals surface area (Å²) in [5, 5.41) is 9.18. The second-order valence-corrected chi connectivity index (χ2v) is 10.0. The molecule has 5 unspecified atom stereocenters. The third kappa shape index (κ3) is 2.88. The number of rotatable bonds is 2. The zero-order valence-corrected chi connectivity index (χ0v) is 16.2. The normalized spacial score (nSPS) is 32.1. The third-order valence-electron chi connectivity index (χ3n) is 7.13. The van der Waals surface area contributed by atoms with Crippen molar-refractivity contribution in [1.29, 1.82) is 0 Å². The van der Waals surface area contributed by atoms with Crippen LogP contribution in [0.15, 0.2) is 53.4 Å². The second-order valence-electron chi connectivity index (χ2n) is 8.44. The number of nitrogens with two attached hydrogens (primary N) is 1. The molecule has 2 aromatic carbocycles. The van der Waals surface area contributed by atoms with Gasteiger partial charge in [0.15, 0.2) is 0 Å². The molecule has 0 radical (unpaired) electrons. The van der Waals surface area contributed by atoms with Crippen LogP contribution in [-0.2, 0) is 10.0 Å². The van der Waals surface area contributed by atoms with Crippen molar-refractivity contribution >= 4 is 15.7 Å². The zero-order valence-electron chi connectivity index (χ0n) is 15.3. The summed E-state index contributed by atoms with van der Waals surface area (Å²) in [6.45, 7) is 0. The molecule has 2 saturated carbocycles. The first-order valence-corrected chi connectivity index (χ1v) is 11.6. The van der Waals surface area contributed by atoms with Crippen LogP contribution in [0.25, 0.3) is 0 Å². The molecule has 0 saturated heterocycles. The van der Waals surface area contributed by atoms with Gasteiger partial charge in [0.2, 0.25) is 10.0 Å². The second kappa shape index (κ2) is 6.35. The summed E-state index contributed by atoms with van der Waals surface area (Å²) in [7, 11) is -3.69. The Balaban J connectivity index is 1.64. The topological polar surface area (TPSA) is 72.2 Å². The molecule has 2 fully saturated rings. The number of hydrogen-bond acceptors (Lipinski definition) is 3. The maximum absolute atomic E-state index is 11.9. The van der Waals surface area contributed by atoms with Crippen molar-refractivity contribution in [2.24, 2.45) is 22.9 Å². The van der Waals surface area contributed by atoms with Gasteiger partial charge in [-0.05, 0) is 72.3 Å². The summed E-state index contributed by atoms with van der Waals surface area (Å²) in [6, 6.07) is 16.4. The van der Waals surface area contributed by atoms with Gasteiger partial charge in [0.1, 0.15) is 0 Å². The Kier molecular flexibility index (Phi) is 4.06. The van der Waals surface area contributed by atoms with Crippen molar-refractivity contribution < 1.29 is 8.42 Å². The van der Waals surface area contributed by atoms with Crippen LogP contribution >= 0.6 is 0 Å². The Hall–Kier alpha value is -1.85. The first-order chi connectivity index (χ1) is 13.0. The van der Waals surface area contributed by atoms with Gasteiger partial charge in [-0.25, -0.2) is 13.6 Å². The van der Waals surface area contributed by atoms with Crippen molar-refractivity contribution in [1.82, 2.24) is 0 Å². The molecule has 0 bridgehead atoms. The maximum atomic E-state index is 11.9. The van der Waals surface area contributed by atoms with Crippen LogP contribution in [0.4, 0.5) is 5.69 Å². The van der Waals surface area contributed by atoms with E-state index < -0.39 is 10.0 Å². The molecule has 3 N–H and O–H groups in total. The van der Waals surface area contributed by atoms with Gasteiger partial charge in [-0.15, -0.1) is 0 Å². The Morgan fingerprint density at radius 3 is 2.56 bits per heavy atom. The van der Waals surface area contributed by atoms with Gasteiger partial charge in [0.25, 0.3) is 0 Å². The molecule has 5 rings (SSSR count). The molecular formula is C22H26N2O2S. The molecule has 0 aromatic heterocycles. The standard InChI is InChI=1S/C22H26N2O2S/c23-27(25,26)16-10-12-20-19(13-16)18-11-9-14-7-4-8-17(14)21(18)22(24-20)15-5-2-1-3-6-15/h1-3,5-6,10,12-14,17-18,21-22,24H,4,7-9,11H2,(H2,23,25,26). The minimum Gasteiger partial charge on any atom is -0.378 e. The van der Waals surface area contributed by atoms with Crippen molar-refractivity contribution in [3.05, 3.63) is 59.7 Å². The van der Waals surface area contributed by atoms with Crippen LogP contribution in [0.1, 0.15) is 55.2 Å². The molecule has 27 heavy (non-hydrogen) atoms. The molecule has 1 heterocycles. The molecule has 5 heteroatoms. The molecule has 1 aliphatic heterocycles. The molecule has 2 aromatic rings. The number of primary sulfonamides is 1. The largest absolute Gasteiger partial charge is 0.378 e. The maximum Gasteiger partial charge on any atom is 0.238 e. The molecule has 142 valence electrons. The fourth-order valence-corrected chi connectivity index (χ4v) is 6.59. The summed E-state index contributed by atoms with van der Waals surface area (Å²) in [5.41, 5.74) is 3.54. The van der Waals surface area contributed by atoms with Crippen LogP contribution < -0.4 is 10.5 Å². The van der Waals surface area contributed by atoms with Gasteiger partial charge in [-0.2, -0.15) is 0 Å². The van der Waals surface area contributed by atoms with Gasteiger partial charge in [0, 0.05) is 5.69 Å². The third-order valence-corrected chi connectivity index (χ3v) is 8.04. The number of benzene rings is 2. The van der Waals surface area contributed by atoms with Crippen molar-refractivity contribution in [3.8, 4) is 0 Å². The summed E-state index contributed by atoms with van der Waals surface area (Å²) in [5.74, 6) is 2.44. The van der Waals surface area contributed by atoms with Crippen LogP contribution in [0, 0.1) is 17.8 Å². The Bertz CT molecular complexity index is 958. The first kappa shape index (κ1) is 17.3. The fraction of sp³-hybridized carbons (Fsp3) is 0.455. The van der Waals surface area contributed by atoms with E-state index in [4.69, 9.17) is 5.14 Å². The van der Waals surface area contributed by atoms with E-state index in [-0.39, 0.29) is 10.9 Å². The van der Waals surface area contributed by atoms with Crippen molar-refractivity contribution in [3.63, 3.8) is 0 Å². The Morgan fingerprint density at radius 1 is 0.963 bits per heavy atom. The van der Waals surface area contributed by atoms with Gasteiger partial charge in [-0.1, -0.05) is 43.2 Å². The van der Waals surface area contributed by atoms with Crippen LogP contribution in [0.2, 0.25) is 0 Å². The predicted octanol–water partition coefficient (Wildman–Crippen LogP) is 4.41. The van der Waals surface area contributed by atoms with E-state index in [2.05, 4.69) is 35.6 Å². The van der Waals surface area contributed by atoms with E-state index in [1.807, 2.05) is 12.1 Å². The first-order valence-electron chi connectivity index (χ1n) is 10.0. The molecule has 0 spiro atoms. The van der Waals surface area contributed by atoms with Crippen molar-refractivity contribution in [2.45, 2.75) is 49.0 Å². The Labute approximate surface area is 161 Å². The lowest BCUT2D eigenvalue weighted by Crippen LogP contribution is -2.41. The number of sulfonamides is 1. The molecule has 3 aliphatic rings. The lowest BCUT2D eigenvalue weighted by Gasteiger charge is -2.49. The summed E-state index contributed by atoms with van der Waals surface area (Å²) in [6.07, 6.45) is 6.36. The molecular weight excluding hydrogens is 356 g/mol. The fourth-order valence-electron chi connectivity index (χ4n) is 6.04. The number of hydrogen-bond donors (Lipinski definition) is 2. The smallest absolute Gasteiger partial charge is 0.238 e. The summed E-state index contributed by atoms with van der Waals surface area (Å²) < 4.78 is 23.8. The molecule has 0 amide bonds. The highest BCUT2D eigenvalue weighted by molar-refractivity contribution is 7.89. The minimum absolute atomic E-state index is 0.230. The summed E-state index contributed by atoms with van der Waals surface area (Å²) in [4.78, 5) is 0.230. The van der Waals surface area contributed by atoms with E-state index in [1.165, 1.54) is 31.2 Å². The highest BCUT2D eigenvalue weighted by Crippen LogP contribution is 2.58. The Morgan fingerprint density at radius 2 is 1.78 bits per heavy atom.